The zero-order valence-electron chi connectivity index (χ0n) is 17.1. The number of hydrogen-bond acceptors (Lipinski definition) is 4. The standard InChI is InChI=1S/C23H30N2O3/c1-22(2,3)28-21(26)25-14-8-13-23(25)12-7-11-19(23)20-24-18(16-27-20)15-17-9-5-4-6-10-17/h4-6,9-11,18H,7-8,12-16H2,1-3H3/t18-,23+/m1/s1. The number of amides is 1. The summed E-state index contributed by atoms with van der Waals surface area (Å²) in [5.41, 5.74) is 1.55. The SMILES string of the molecule is CC(C)(C)OC(=O)N1CCC[C@]12CCC=C2C1=N[C@H](Cc2ccccc2)CO1. The maximum atomic E-state index is 12.9. The number of allylic oxidation sites excluding steroid dienone is 1. The van der Waals surface area contributed by atoms with E-state index >= 15 is 0 Å². The number of ether oxygens (including phenoxy) is 2. The predicted octanol–water partition coefficient (Wildman–Crippen LogP) is 4.52. The third kappa shape index (κ3) is 3.67. The van der Waals surface area contributed by atoms with Crippen LogP contribution in [0.5, 0.6) is 0 Å². The van der Waals surface area contributed by atoms with Gasteiger partial charge in [0.2, 0.25) is 5.90 Å². The van der Waals surface area contributed by atoms with E-state index in [1.54, 1.807) is 0 Å². The number of carbonyl (C=O) groups is 1. The highest BCUT2D eigenvalue weighted by molar-refractivity contribution is 5.98. The number of hydrogen-bond donors (Lipinski definition) is 0. The topological polar surface area (TPSA) is 51.1 Å². The van der Waals surface area contributed by atoms with Gasteiger partial charge in [0.15, 0.2) is 0 Å². The lowest BCUT2D eigenvalue weighted by Gasteiger charge is -2.38. The van der Waals surface area contributed by atoms with Crippen molar-refractivity contribution in [3.63, 3.8) is 0 Å². The molecule has 0 unspecified atom stereocenters. The molecule has 0 N–H and O–H groups in total. The van der Waals surface area contributed by atoms with Gasteiger partial charge in [0.1, 0.15) is 12.2 Å². The Bertz CT molecular complexity index is 794. The second-order valence-corrected chi connectivity index (χ2v) is 9.01. The molecule has 0 aromatic heterocycles. The van der Waals surface area contributed by atoms with Crippen LogP contribution < -0.4 is 0 Å². The summed E-state index contributed by atoms with van der Waals surface area (Å²) in [4.78, 5) is 19.7. The molecule has 5 nitrogen and oxygen atoms in total. The van der Waals surface area contributed by atoms with Crippen molar-refractivity contribution >= 4 is 12.0 Å². The molecule has 1 amide bonds. The molecule has 5 heteroatoms. The van der Waals surface area contributed by atoms with Crippen LogP contribution in [0.3, 0.4) is 0 Å². The molecule has 0 radical (unpaired) electrons. The second-order valence-electron chi connectivity index (χ2n) is 9.01. The van der Waals surface area contributed by atoms with Crippen LogP contribution in [0, 0.1) is 0 Å². The van der Waals surface area contributed by atoms with Gasteiger partial charge in [-0.3, -0.25) is 4.90 Å². The van der Waals surface area contributed by atoms with E-state index in [-0.39, 0.29) is 17.7 Å². The molecule has 4 rings (SSSR count). The van der Waals surface area contributed by atoms with E-state index in [9.17, 15) is 4.79 Å². The van der Waals surface area contributed by atoms with Gasteiger partial charge in [-0.25, -0.2) is 9.79 Å². The molecule has 0 bridgehead atoms. The fourth-order valence-electron chi connectivity index (χ4n) is 4.62. The van der Waals surface area contributed by atoms with E-state index in [2.05, 4.69) is 30.3 Å². The number of likely N-dealkylation sites (tertiary alicyclic amines) is 1. The summed E-state index contributed by atoms with van der Waals surface area (Å²) in [6, 6.07) is 10.5. The van der Waals surface area contributed by atoms with Gasteiger partial charge in [0.05, 0.1) is 11.6 Å². The molecule has 0 saturated carbocycles. The molecule has 1 aromatic rings. The quantitative estimate of drug-likeness (QED) is 0.772. The Morgan fingerprint density at radius 2 is 2.07 bits per heavy atom. The minimum atomic E-state index is -0.495. The average molecular weight is 383 g/mol. The minimum absolute atomic E-state index is 0.132. The third-order valence-electron chi connectivity index (χ3n) is 5.77. The van der Waals surface area contributed by atoms with Crippen molar-refractivity contribution in [2.45, 2.75) is 70.1 Å². The van der Waals surface area contributed by atoms with Crippen LogP contribution in [0.25, 0.3) is 0 Å². The smallest absolute Gasteiger partial charge is 0.411 e. The third-order valence-corrected chi connectivity index (χ3v) is 5.77. The van der Waals surface area contributed by atoms with Gasteiger partial charge in [-0.15, -0.1) is 0 Å². The van der Waals surface area contributed by atoms with E-state index in [1.165, 1.54) is 5.56 Å². The van der Waals surface area contributed by atoms with Crippen molar-refractivity contribution in [1.82, 2.24) is 4.90 Å². The van der Waals surface area contributed by atoms with E-state index in [0.717, 1.165) is 50.1 Å². The van der Waals surface area contributed by atoms with Gasteiger partial charge in [-0.2, -0.15) is 0 Å². The Hall–Kier alpha value is -2.30. The molecule has 2 heterocycles. The van der Waals surface area contributed by atoms with E-state index in [4.69, 9.17) is 14.5 Å². The highest BCUT2D eigenvalue weighted by Gasteiger charge is 2.51. The molecule has 28 heavy (non-hydrogen) atoms. The highest BCUT2D eigenvalue weighted by atomic mass is 16.6. The van der Waals surface area contributed by atoms with Crippen molar-refractivity contribution in [2.75, 3.05) is 13.2 Å². The number of rotatable bonds is 3. The summed E-state index contributed by atoms with van der Waals surface area (Å²) in [5.74, 6) is 0.730. The lowest BCUT2D eigenvalue weighted by Crippen LogP contribution is -2.50. The predicted molar refractivity (Wildman–Crippen MR) is 110 cm³/mol. The largest absolute Gasteiger partial charge is 0.475 e. The van der Waals surface area contributed by atoms with Crippen LogP contribution in [0.2, 0.25) is 0 Å². The number of carbonyl (C=O) groups excluding carboxylic acids is 1. The molecule has 3 aliphatic rings. The molecule has 1 aliphatic carbocycles. The minimum Gasteiger partial charge on any atom is -0.475 e. The van der Waals surface area contributed by atoms with Gasteiger partial charge in [0, 0.05) is 12.1 Å². The normalized spacial score (nSPS) is 27.0. The monoisotopic (exact) mass is 382 g/mol. The average Bonchev–Trinajstić information content (AvgIpc) is 3.35. The van der Waals surface area contributed by atoms with Crippen LogP contribution in [-0.2, 0) is 15.9 Å². The van der Waals surface area contributed by atoms with Crippen LogP contribution in [-0.4, -0.2) is 47.2 Å². The Balaban J connectivity index is 1.53. The summed E-state index contributed by atoms with van der Waals surface area (Å²) >= 11 is 0. The van der Waals surface area contributed by atoms with E-state index in [0.29, 0.717) is 6.61 Å². The first-order valence-corrected chi connectivity index (χ1v) is 10.3. The zero-order chi connectivity index (χ0) is 19.8. The molecule has 1 saturated heterocycles. The Kier molecular flexibility index (Phi) is 4.94. The number of aliphatic imine (C=N–C) groups is 1. The fourth-order valence-corrected chi connectivity index (χ4v) is 4.62. The van der Waals surface area contributed by atoms with E-state index < -0.39 is 5.60 Å². The first kappa shape index (κ1) is 19.0. The molecular formula is C23H30N2O3. The summed E-state index contributed by atoms with van der Waals surface area (Å²) in [6.45, 7) is 7.07. The van der Waals surface area contributed by atoms with Crippen LogP contribution in [0.1, 0.15) is 52.0 Å². The first-order valence-electron chi connectivity index (χ1n) is 10.3. The van der Waals surface area contributed by atoms with Crippen LogP contribution in [0.4, 0.5) is 4.79 Å². The molecule has 1 spiro atoms. The molecule has 2 atom stereocenters. The van der Waals surface area contributed by atoms with E-state index in [1.807, 2.05) is 31.7 Å². The van der Waals surface area contributed by atoms with Gasteiger partial charge in [-0.05, 0) is 58.4 Å². The number of nitrogens with zero attached hydrogens (tertiary/aromatic N) is 2. The summed E-state index contributed by atoms with van der Waals surface area (Å²) in [6.07, 6.45) is 6.67. The molecule has 1 aromatic carbocycles. The maximum absolute atomic E-state index is 12.9. The first-order chi connectivity index (χ1) is 13.4. The van der Waals surface area contributed by atoms with Gasteiger partial charge in [0.25, 0.3) is 0 Å². The molecule has 2 aliphatic heterocycles. The lowest BCUT2D eigenvalue weighted by atomic mass is 9.88. The van der Waals surface area contributed by atoms with Gasteiger partial charge < -0.3 is 9.47 Å². The summed E-state index contributed by atoms with van der Waals surface area (Å²) < 4.78 is 11.7. The fraction of sp³-hybridized carbons (Fsp3) is 0.565. The lowest BCUT2D eigenvalue weighted by molar-refractivity contribution is 0.0138. The summed E-state index contributed by atoms with van der Waals surface area (Å²) in [7, 11) is 0. The van der Waals surface area contributed by atoms with Crippen molar-refractivity contribution in [3.8, 4) is 0 Å². The van der Waals surface area contributed by atoms with Gasteiger partial charge >= 0.3 is 6.09 Å². The summed E-state index contributed by atoms with van der Waals surface area (Å²) in [5, 5.41) is 0. The van der Waals surface area contributed by atoms with Crippen LogP contribution in [0.15, 0.2) is 47.0 Å². The van der Waals surface area contributed by atoms with Crippen molar-refractivity contribution < 1.29 is 14.3 Å². The van der Waals surface area contributed by atoms with Gasteiger partial charge in [-0.1, -0.05) is 36.4 Å². The van der Waals surface area contributed by atoms with Crippen molar-refractivity contribution in [3.05, 3.63) is 47.5 Å². The van der Waals surface area contributed by atoms with Crippen molar-refractivity contribution in [1.29, 1.82) is 0 Å². The van der Waals surface area contributed by atoms with Crippen LogP contribution >= 0.6 is 0 Å². The Morgan fingerprint density at radius 3 is 2.82 bits per heavy atom. The second kappa shape index (κ2) is 7.26. The molecule has 1 fully saturated rings. The highest BCUT2D eigenvalue weighted by Crippen LogP contribution is 2.46. The molecule has 150 valence electrons. The molecular weight excluding hydrogens is 352 g/mol. The zero-order valence-corrected chi connectivity index (χ0v) is 17.1. The van der Waals surface area contributed by atoms with Crippen molar-refractivity contribution in [2.24, 2.45) is 4.99 Å². The Morgan fingerprint density at radius 1 is 1.29 bits per heavy atom. The maximum Gasteiger partial charge on any atom is 0.411 e. The Labute approximate surface area is 167 Å². The number of benzene rings is 1.